The van der Waals surface area contributed by atoms with E-state index in [9.17, 15) is 52.7 Å². The third-order valence-electron chi connectivity index (χ3n) is 16.5. The number of carbonyl (C=O) groups excluding carboxylic acids is 11. The van der Waals surface area contributed by atoms with Gasteiger partial charge in [-0.15, -0.1) is 0 Å². The number of primary amides is 1. The molecule has 93 heavy (non-hydrogen) atoms. The molecule has 0 saturated carbocycles. The van der Waals surface area contributed by atoms with Gasteiger partial charge in [-0.05, 0) is 132 Å². The average molecular weight is 1320 g/mol. The van der Waals surface area contributed by atoms with Gasteiger partial charge in [0.05, 0.1) is 45.0 Å². The Morgan fingerprint density at radius 2 is 0.806 bits per heavy atom. The number of ether oxygens (including phenoxy) is 3. The second kappa shape index (κ2) is 47.7. The third kappa shape index (κ3) is 32.7. The lowest BCUT2D eigenvalue weighted by Crippen LogP contribution is -2.58. The number of nitrogens with zero attached hydrogens (tertiary/aromatic N) is 3. The van der Waals surface area contributed by atoms with Gasteiger partial charge in [0.25, 0.3) is 0 Å². The molecule has 0 bridgehead atoms. The SMILES string of the molecule is CCC(=O)NCCCOCC(COCCCNC(=O)CNC)(COCCCNC(=O)CNC)NC(=O)CCC(N)=O.CNCCCCCCC(=O)NC1C[C@H]2C(=O)C3CC(NC(=O)CCCCCNC)CN3C(=O)N3CC(NC(=O)CCCCCNC)C[C@H]3C(=O)N2C1. The highest BCUT2D eigenvalue weighted by atomic mass is 16.5. The van der Waals surface area contributed by atoms with Crippen molar-refractivity contribution in [2.75, 3.05) is 147 Å². The van der Waals surface area contributed by atoms with Crippen LogP contribution in [0.2, 0.25) is 0 Å². The number of nitrogens with two attached hydrogens (primary N) is 1. The first-order valence-corrected chi connectivity index (χ1v) is 34.0. The van der Waals surface area contributed by atoms with Crippen LogP contribution in [0.4, 0.5) is 4.79 Å². The number of nitrogens with one attached hydrogen (secondary N) is 12. The number of amides is 11. The second-order valence-corrected chi connectivity index (χ2v) is 24.6. The maximum atomic E-state index is 14.3. The van der Waals surface area contributed by atoms with Crippen molar-refractivity contribution < 1.29 is 67.0 Å². The van der Waals surface area contributed by atoms with Crippen LogP contribution in [0, 0.1) is 0 Å². The quantitative estimate of drug-likeness (QED) is 0.0297. The standard InChI is InChI=1S/C37H65N9O6.C26H51N7O8/c1-38-17-11-5-4-8-14-32(47)41-26-20-29-35(50)30-21-27(42-33(48)15-9-6-12-18-39-2)24-45(30)37(52)46-25-28(22-31(46)36(51)44(29)23-26)43-34(49)16-10-7-13-19-40-3;1-4-22(35)30-10-5-13-39-18-26(33-23(36)9-8-21(27)34,19-40-14-6-11-31-24(37)16-28-2)20-41-15-7-12-32-25(38)17-29-3/h26-31,38-40H,4-25H2,1-3H3,(H,41,47)(H,42,48)(H,43,49);28-29H,4-20H2,1-3H3,(H2,27,34)(H,30,35)(H,31,37)(H,32,38)(H,33,36)/t26?,27?,28?,29-,30?,31-;/m0./s1. The minimum Gasteiger partial charge on any atom is -0.379 e. The Morgan fingerprint density at radius 1 is 0.430 bits per heavy atom. The Labute approximate surface area is 551 Å². The first-order valence-electron chi connectivity index (χ1n) is 34.0. The molecule has 0 aromatic rings. The van der Waals surface area contributed by atoms with E-state index in [0.29, 0.717) is 84.4 Å². The Hall–Kier alpha value is -6.15. The first-order chi connectivity index (χ1) is 44.8. The molecule has 532 valence electrons. The van der Waals surface area contributed by atoms with Crippen molar-refractivity contribution in [2.45, 2.75) is 190 Å². The number of unbranched alkanes of at least 4 members (excludes halogenated alkanes) is 7. The zero-order valence-corrected chi connectivity index (χ0v) is 56.7. The van der Waals surface area contributed by atoms with Gasteiger partial charge < -0.3 is 98.4 Å². The highest BCUT2D eigenvalue weighted by molar-refractivity contribution is 6.00. The number of fused-ring (bicyclic) bond motifs is 3. The number of hydrogen-bond donors (Lipinski definition) is 13. The fraction of sp³-hybridized carbons (Fsp3) is 0.825. The summed E-state index contributed by atoms with van der Waals surface area (Å²) in [7, 11) is 9.10. The van der Waals surface area contributed by atoms with Crippen molar-refractivity contribution in [2.24, 2.45) is 5.73 Å². The van der Waals surface area contributed by atoms with Crippen LogP contribution in [0.25, 0.3) is 0 Å². The summed E-state index contributed by atoms with van der Waals surface area (Å²) < 4.78 is 17.6. The molecule has 4 rings (SSSR count). The molecule has 4 saturated heterocycles. The highest BCUT2D eigenvalue weighted by Gasteiger charge is 2.54. The summed E-state index contributed by atoms with van der Waals surface area (Å²) in [6, 6.07) is -4.05. The van der Waals surface area contributed by atoms with Crippen molar-refractivity contribution >= 4 is 65.0 Å². The van der Waals surface area contributed by atoms with Gasteiger partial charge in [0.2, 0.25) is 53.2 Å². The highest BCUT2D eigenvalue weighted by Crippen LogP contribution is 2.34. The van der Waals surface area contributed by atoms with E-state index in [2.05, 4.69) is 63.8 Å². The van der Waals surface area contributed by atoms with Gasteiger partial charge in [0.15, 0.2) is 5.78 Å². The lowest BCUT2D eigenvalue weighted by atomic mass is 9.98. The van der Waals surface area contributed by atoms with Crippen LogP contribution in [-0.4, -0.2) is 268 Å². The van der Waals surface area contributed by atoms with Gasteiger partial charge in [0, 0.05) is 116 Å². The van der Waals surface area contributed by atoms with Gasteiger partial charge in [-0.2, -0.15) is 0 Å². The zero-order valence-electron chi connectivity index (χ0n) is 56.7. The van der Waals surface area contributed by atoms with E-state index < -0.39 is 53.6 Å². The van der Waals surface area contributed by atoms with Crippen molar-refractivity contribution in [3.8, 4) is 0 Å². The van der Waals surface area contributed by atoms with E-state index in [-0.39, 0.29) is 138 Å². The number of carbonyl (C=O) groups is 11. The summed E-state index contributed by atoms with van der Waals surface area (Å²) in [5, 5.41) is 35.3. The minimum atomic E-state index is -1.08. The zero-order chi connectivity index (χ0) is 68.2. The van der Waals surface area contributed by atoms with Crippen molar-refractivity contribution in [1.29, 1.82) is 0 Å². The Kier molecular flexibility index (Phi) is 41.6. The van der Waals surface area contributed by atoms with Gasteiger partial charge in [-0.1, -0.05) is 32.6 Å². The van der Waals surface area contributed by atoms with E-state index >= 15 is 0 Å². The molecule has 14 N–H and O–H groups in total. The normalized spacial score (nSPS) is 19.2. The molecule has 4 unspecified atom stereocenters. The van der Waals surface area contributed by atoms with Crippen LogP contribution in [-0.2, 0) is 62.2 Å². The van der Waals surface area contributed by atoms with Gasteiger partial charge in [-0.25, -0.2) is 4.79 Å². The number of urea groups is 1. The number of Topliss-reactive ketones (excluding diaryl/α,β-unsaturated/α-hetero) is 1. The lowest BCUT2D eigenvalue weighted by Gasteiger charge is -2.34. The van der Waals surface area contributed by atoms with Crippen LogP contribution in [0.3, 0.4) is 0 Å². The number of likely N-dealkylation sites (N-methyl/N-ethyl adjacent to an activating group) is 2. The molecule has 0 aliphatic carbocycles. The molecule has 0 radical (unpaired) electrons. The molecule has 0 aromatic heterocycles. The summed E-state index contributed by atoms with van der Waals surface area (Å²) in [5.74, 6) is -2.13. The van der Waals surface area contributed by atoms with Crippen molar-refractivity contribution in [1.82, 2.24) is 78.5 Å². The van der Waals surface area contributed by atoms with Crippen LogP contribution in [0.5, 0.6) is 0 Å². The largest absolute Gasteiger partial charge is 0.379 e. The van der Waals surface area contributed by atoms with Crippen molar-refractivity contribution in [3.63, 3.8) is 0 Å². The van der Waals surface area contributed by atoms with E-state index in [1.54, 1.807) is 25.9 Å². The molecule has 0 spiro atoms. The van der Waals surface area contributed by atoms with Gasteiger partial charge in [0.1, 0.15) is 11.6 Å². The summed E-state index contributed by atoms with van der Waals surface area (Å²) in [6.45, 7) is 7.84. The first kappa shape index (κ1) is 81.1. The van der Waals surface area contributed by atoms with Gasteiger partial charge >= 0.3 is 6.03 Å². The number of rotatable bonds is 49. The van der Waals surface area contributed by atoms with Crippen LogP contribution < -0.4 is 69.5 Å². The molecule has 30 nitrogen and oxygen atoms in total. The summed E-state index contributed by atoms with van der Waals surface area (Å²) >= 11 is 0. The molecule has 0 aromatic carbocycles. The molecule has 4 aliphatic rings. The number of hydrogen-bond acceptors (Lipinski definition) is 19. The van der Waals surface area contributed by atoms with Crippen LogP contribution in [0.1, 0.15) is 148 Å². The third-order valence-corrected chi connectivity index (χ3v) is 16.5. The maximum Gasteiger partial charge on any atom is 0.321 e. The molecule has 4 heterocycles. The predicted molar refractivity (Wildman–Crippen MR) is 351 cm³/mol. The Morgan fingerprint density at radius 3 is 1.22 bits per heavy atom. The van der Waals surface area contributed by atoms with Gasteiger partial charge in [-0.3, -0.25) is 47.9 Å². The smallest absolute Gasteiger partial charge is 0.321 e. The van der Waals surface area contributed by atoms with E-state index in [1.165, 1.54) is 9.80 Å². The molecule has 4 aliphatic heterocycles. The molecular formula is C63H116N16O14. The lowest BCUT2D eigenvalue weighted by molar-refractivity contribution is -0.140. The minimum absolute atomic E-state index is 0.0469. The molecule has 4 fully saturated rings. The molecular weight excluding hydrogens is 1200 g/mol. The Balaban J connectivity index is 0.000000501. The van der Waals surface area contributed by atoms with Crippen LogP contribution >= 0.6 is 0 Å². The summed E-state index contributed by atoms with van der Waals surface area (Å²) in [4.78, 5) is 145. The summed E-state index contributed by atoms with van der Waals surface area (Å²) in [5.41, 5.74) is 4.13. The monoisotopic (exact) mass is 1320 g/mol. The van der Waals surface area contributed by atoms with E-state index in [1.807, 2.05) is 21.1 Å². The fourth-order valence-corrected chi connectivity index (χ4v) is 11.6. The predicted octanol–water partition coefficient (Wildman–Crippen LogP) is -1.85. The topological polar surface area (TPSA) is 396 Å². The summed E-state index contributed by atoms with van der Waals surface area (Å²) in [6.07, 6.45) is 12.9. The molecule has 30 heteroatoms. The van der Waals surface area contributed by atoms with E-state index in [4.69, 9.17) is 19.9 Å². The van der Waals surface area contributed by atoms with Crippen molar-refractivity contribution in [3.05, 3.63) is 0 Å². The Bertz CT molecular complexity index is 2190. The maximum absolute atomic E-state index is 14.3. The van der Waals surface area contributed by atoms with E-state index in [0.717, 1.165) is 83.8 Å². The molecule has 6 atom stereocenters. The van der Waals surface area contributed by atoms with Crippen LogP contribution in [0.15, 0.2) is 0 Å². The molecule has 11 amide bonds. The fourth-order valence-electron chi connectivity index (χ4n) is 11.6. The average Bonchev–Trinajstić information content (AvgIpc) is 1.61. The second-order valence-electron chi connectivity index (χ2n) is 24.6. The number of ketones is 1.